The highest BCUT2D eigenvalue weighted by atomic mass is 35.5. The van der Waals surface area contributed by atoms with E-state index in [1.165, 1.54) is 17.1 Å². The molecule has 0 bridgehead atoms. The Kier molecular flexibility index (Phi) is 5.99. The normalized spacial score (nSPS) is 10.9. The number of benzene rings is 1. The average Bonchev–Trinajstić information content (AvgIpc) is 2.86. The Balaban J connectivity index is 2.12. The number of hydrogen-bond donors (Lipinski definition) is 1. The van der Waals surface area contributed by atoms with E-state index >= 15 is 0 Å². The van der Waals surface area contributed by atoms with Crippen molar-refractivity contribution in [3.63, 3.8) is 0 Å². The molecule has 1 heterocycles. The number of anilines is 1. The van der Waals surface area contributed by atoms with E-state index in [-0.39, 0.29) is 11.8 Å². The van der Waals surface area contributed by atoms with Crippen LogP contribution in [0.15, 0.2) is 24.3 Å². The molecule has 0 atom stereocenters. The molecule has 1 N–H and O–H groups in total. The van der Waals surface area contributed by atoms with E-state index in [1.54, 1.807) is 39.2 Å². The minimum absolute atomic E-state index is 0.149. The van der Waals surface area contributed by atoms with Gasteiger partial charge in [-0.1, -0.05) is 40.6 Å². The third-order valence-electron chi connectivity index (χ3n) is 3.03. The highest BCUT2D eigenvalue weighted by molar-refractivity contribution is 7.17. The molecule has 8 heteroatoms. The lowest BCUT2D eigenvalue weighted by molar-refractivity contribution is -0.111. The molecule has 0 unspecified atom stereocenters. The van der Waals surface area contributed by atoms with Gasteiger partial charge in [0.15, 0.2) is 5.13 Å². The van der Waals surface area contributed by atoms with Crippen LogP contribution in [-0.2, 0) is 4.79 Å². The first-order valence-electron chi connectivity index (χ1n) is 6.91. The van der Waals surface area contributed by atoms with Crippen molar-refractivity contribution in [2.45, 2.75) is 6.92 Å². The van der Waals surface area contributed by atoms with Crippen LogP contribution >= 0.6 is 34.5 Å². The second kappa shape index (κ2) is 7.79. The number of amides is 2. The van der Waals surface area contributed by atoms with E-state index in [2.05, 4.69) is 10.3 Å². The first kappa shape index (κ1) is 18.4. The lowest BCUT2D eigenvalue weighted by atomic mass is 10.2. The molecule has 0 saturated carbocycles. The number of hydrogen-bond acceptors (Lipinski definition) is 4. The molecule has 0 fully saturated rings. The predicted molar refractivity (Wildman–Crippen MR) is 99.0 cm³/mol. The van der Waals surface area contributed by atoms with E-state index in [9.17, 15) is 9.59 Å². The van der Waals surface area contributed by atoms with Crippen LogP contribution in [0.4, 0.5) is 5.13 Å². The molecular formula is C16H15Cl2N3O2S. The Labute approximate surface area is 153 Å². The van der Waals surface area contributed by atoms with Crippen LogP contribution in [0.1, 0.15) is 20.9 Å². The first-order valence-corrected chi connectivity index (χ1v) is 8.49. The molecule has 2 amide bonds. The van der Waals surface area contributed by atoms with Gasteiger partial charge in [-0.15, -0.1) is 0 Å². The summed E-state index contributed by atoms with van der Waals surface area (Å²) in [5.74, 6) is -0.535. The van der Waals surface area contributed by atoms with Crippen molar-refractivity contribution in [2.24, 2.45) is 0 Å². The second-order valence-electron chi connectivity index (χ2n) is 5.09. The van der Waals surface area contributed by atoms with Crippen molar-refractivity contribution < 1.29 is 9.59 Å². The molecule has 0 aliphatic carbocycles. The summed E-state index contributed by atoms with van der Waals surface area (Å²) in [7, 11) is 3.33. The number of nitrogens with zero attached hydrogens (tertiary/aromatic N) is 2. The minimum atomic E-state index is -0.386. The zero-order chi connectivity index (χ0) is 17.9. The molecule has 1 aromatic carbocycles. The van der Waals surface area contributed by atoms with E-state index in [0.717, 1.165) is 11.3 Å². The predicted octanol–water partition coefficient (Wildman–Crippen LogP) is 4.11. The van der Waals surface area contributed by atoms with Gasteiger partial charge in [-0.25, -0.2) is 4.98 Å². The number of rotatable bonds is 4. The quantitative estimate of drug-likeness (QED) is 0.807. The number of nitrogens with one attached hydrogen (secondary N) is 1. The van der Waals surface area contributed by atoms with Gasteiger partial charge in [-0.05, 0) is 25.1 Å². The van der Waals surface area contributed by atoms with Gasteiger partial charge in [-0.2, -0.15) is 0 Å². The number of carbonyl (C=O) groups is 2. The Morgan fingerprint density at radius 1 is 1.25 bits per heavy atom. The Morgan fingerprint density at radius 3 is 2.46 bits per heavy atom. The number of carbonyl (C=O) groups excluding carboxylic acids is 2. The van der Waals surface area contributed by atoms with Crippen LogP contribution in [-0.4, -0.2) is 35.8 Å². The summed E-state index contributed by atoms with van der Waals surface area (Å²) in [6, 6.07) is 5.10. The maximum atomic E-state index is 12.0. The number of thiazole rings is 1. The summed E-state index contributed by atoms with van der Waals surface area (Å²) in [4.78, 5) is 30.2. The number of aryl methyl sites for hydroxylation is 1. The second-order valence-corrected chi connectivity index (χ2v) is 6.90. The zero-order valence-corrected chi connectivity index (χ0v) is 15.6. The van der Waals surface area contributed by atoms with Crippen molar-refractivity contribution in [1.29, 1.82) is 0 Å². The van der Waals surface area contributed by atoms with Crippen LogP contribution in [0.5, 0.6) is 0 Å². The van der Waals surface area contributed by atoms with Gasteiger partial charge in [-0.3, -0.25) is 14.9 Å². The summed E-state index contributed by atoms with van der Waals surface area (Å²) in [5, 5.41) is 3.90. The van der Waals surface area contributed by atoms with Crippen LogP contribution in [0.2, 0.25) is 10.0 Å². The Morgan fingerprint density at radius 2 is 1.88 bits per heavy atom. The fourth-order valence-corrected chi connectivity index (χ4v) is 3.34. The molecule has 0 radical (unpaired) electrons. The molecule has 2 aromatic rings. The van der Waals surface area contributed by atoms with Crippen molar-refractivity contribution in [1.82, 2.24) is 9.88 Å². The van der Waals surface area contributed by atoms with Crippen molar-refractivity contribution in [3.8, 4) is 0 Å². The highest BCUT2D eigenvalue weighted by Gasteiger charge is 2.17. The van der Waals surface area contributed by atoms with Crippen LogP contribution in [0.3, 0.4) is 0 Å². The first-order chi connectivity index (χ1) is 11.3. The van der Waals surface area contributed by atoms with Crippen molar-refractivity contribution in [3.05, 3.63) is 50.5 Å². The van der Waals surface area contributed by atoms with E-state index in [0.29, 0.717) is 31.3 Å². The maximum absolute atomic E-state index is 12.0. The van der Waals surface area contributed by atoms with Gasteiger partial charge in [0.05, 0.1) is 5.69 Å². The molecule has 2 rings (SSSR count). The van der Waals surface area contributed by atoms with E-state index < -0.39 is 0 Å². The summed E-state index contributed by atoms with van der Waals surface area (Å²) >= 11 is 13.2. The van der Waals surface area contributed by atoms with Crippen LogP contribution in [0, 0.1) is 6.92 Å². The third-order valence-corrected chi connectivity index (χ3v) is 4.75. The number of aromatic nitrogens is 1. The SMILES string of the molecule is Cc1nc(NC(=O)/C=C/c2c(Cl)cccc2Cl)sc1C(=O)N(C)C. The van der Waals surface area contributed by atoms with Gasteiger partial charge in [0.1, 0.15) is 4.88 Å². The van der Waals surface area contributed by atoms with E-state index in [4.69, 9.17) is 23.2 Å². The average molecular weight is 384 g/mol. The van der Waals surface area contributed by atoms with E-state index in [1.807, 2.05) is 0 Å². The summed E-state index contributed by atoms with van der Waals surface area (Å²) in [6.45, 7) is 1.72. The number of halogens is 2. The van der Waals surface area contributed by atoms with Gasteiger partial charge >= 0.3 is 0 Å². The lowest BCUT2D eigenvalue weighted by Crippen LogP contribution is -2.21. The summed E-state index contributed by atoms with van der Waals surface area (Å²) < 4.78 is 0. The molecule has 126 valence electrons. The van der Waals surface area contributed by atoms with Gasteiger partial charge < -0.3 is 4.90 Å². The molecule has 5 nitrogen and oxygen atoms in total. The molecular weight excluding hydrogens is 369 g/mol. The molecule has 0 saturated heterocycles. The van der Waals surface area contributed by atoms with Crippen molar-refractivity contribution in [2.75, 3.05) is 19.4 Å². The molecule has 0 aliphatic rings. The molecule has 0 aliphatic heterocycles. The van der Waals surface area contributed by atoms with Crippen LogP contribution < -0.4 is 5.32 Å². The zero-order valence-electron chi connectivity index (χ0n) is 13.3. The monoisotopic (exact) mass is 383 g/mol. The van der Waals surface area contributed by atoms with Gasteiger partial charge in [0.25, 0.3) is 5.91 Å². The fraction of sp³-hybridized carbons (Fsp3) is 0.188. The summed E-state index contributed by atoms with van der Waals surface area (Å²) in [5.41, 5.74) is 1.14. The molecule has 24 heavy (non-hydrogen) atoms. The van der Waals surface area contributed by atoms with Gasteiger partial charge in [0, 0.05) is 35.8 Å². The summed E-state index contributed by atoms with van der Waals surface area (Å²) in [6.07, 6.45) is 2.85. The topological polar surface area (TPSA) is 62.3 Å². The van der Waals surface area contributed by atoms with Gasteiger partial charge in [0.2, 0.25) is 5.91 Å². The molecule has 1 aromatic heterocycles. The lowest BCUT2D eigenvalue weighted by Gasteiger charge is -2.07. The van der Waals surface area contributed by atoms with Crippen LogP contribution in [0.25, 0.3) is 6.08 Å². The largest absolute Gasteiger partial charge is 0.344 e. The minimum Gasteiger partial charge on any atom is -0.344 e. The maximum Gasteiger partial charge on any atom is 0.265 e. The third kappa shape index (κ3) is 4.35. The standard InChI is InChI=1S/C16H15Cl2N3O2S/c1-9-14(15(23)21(2)3)24-16(19-9)20-13(22)8-7-10-11(17)5-4-6-12(10)18/h4-8H,1-3H3,(H,19,20,22)/b8-7+. The Bertz CT molecular complexity index is 795. The fourth-order valence-electron chi connectivity index (χ4n) is 1.83. The van der Waals surface area contributed by atoms with Crippen molar-refractivity contribution >= 4 is 57.6 Å². The smallest absolute Gasteiger partial charge is 0.265 e. The Hall–Kier alpha value is -1.89. The molecule has 0 spiro atoms. The highest BCUT2D eigenvalue weighted by Crippen LogP contribution is 2.26.